The number of H-pyrrole nitrogens is 1. The van der Waals surface area contributed by atoms with Crippen molar-refractivity contribution in [3.05, 3.63) is 24.9 Å². The van der Waals surface area contributed by atoms with Crippen LogP contribution in [0.3, 0.4) is 0 Å². The van der Waals surface area contributed by atoms with Crippen molar-refractivity contribution < 1.29 is 0 Å². The summed E-state index contributed by atoms with van der Waals surface area (Å²) in [5.41, 5.74) is 3.10. The number of nitrogens with two attached hydrogens (primary N) is 1. The molecule has 0 saturated heterocycles. The largest absolute Gasteiger partial charge is 0.369 e. The predicted octanol–water partition coefficient (Wildman–Crippen LogP) is 0.727. The molecule has 3 rings (SSSR count). The monoisotopic (exact) mass is 287 g/mol. The van der Waals surface area contributed by atoms with Crippen molar-refractivity contribution in [2.45, 2.75) is 19.4 Å². The summed E-state index contributed by atoms with van der Waals surface area (Å²) in [5.74, 6) is 6.44. The maximum absolute atomic E-state index is 5.36. The van der Waals surface area contributed by atoms with Gasteiger partial charge in [0.2, 0.25) is 5.95 Å². The number of imidazole rings is 1. The second-order valence-electron chi connectivity index (χ2n) is 4.61. The topological polar surface area (TPSA) is 122 Å². The Kier molecular flexibility index (Phi) is 3.92. The molecule has 0 unspecified atom stereocenters. The summed E-state index contributed by atoms with van der Waals surface area (Å²) in [6.45, 7) is 1.78. The van der Waals surface area contributed by atoms with E-state index < -0.39 is 0 Å². The van der Waals surface area contributed by atoms with Crippen LogP contribution in [0, 0.1) is 0 Å². The molecule has 0 fully saturated rings. The summed E-state index contributed by atoms with van der Waals surface area (Å²) < 4.78 is 2.06. The molecule has 0 aromatic carbocycles. The van der Waals surface area contributed by atoms with Gasteiger partial charge in [0.15, 0.2) is 5.65 Å². The van der Waals surface area contributed by atoms with Gasteiger partial charge in [0.25, 0.3) is 0 Å². The molecule has 0 amide bonds. The van der Waals surface area contributed by atoms with Gasteiger partial charge < -0.3 is 9.88 Å². The van der Waals surface area contributed by atoms with Gasteiger partial charge in [-0.2, -0.15) is 15.1 Å². The van der Waals surface area contributed by atoms with Gasteiger partial charge >= 0.3 is 0 Å². The van der Waals surface area contributed by atoms with Crippen molar-refractivity contribution in [3.8, 4) is 0 Å². The first kappa shape index (κ1) is 13.3. The first-order chi connectivity index (χ1) is 10.4. The van der Waals surface area contributed by atoms with Crippen molar-refractivity contribution in [1.82, 2.24) is 29.7 Å². The zero-order valence-corrected chi connectivity index (χ0v) is 11.5. The van der Waals surface area contributed by atoms with Crippen LogP contribution in [0.5, 0.6) is 0 Å². The Balaban J connectivity index is 1.56. The molecule has 0 aliphatic heterocycles. The van der Waals surface area contributed by atoms with Gasteiger partial charge in [0, 0.05) is 25.5 Å². The van der Waals surface area contributed by atoms with Gasteiger partial charge in [-0.25, -0.2) is 10.8 Å². The number of hydrogen-bond donors (Lipinski definition) is 4. The number of unbranched alkanes of at least 4 members (excludes halogenated alkanes) is 1. The van der Waals surface area contributed by atoms with E-state index in [-0.39, 0.29) is 0 Å². The predicted molar refractivity (Wildman–Crippen MR) is 79.4 cm³/mol. The zero-order chi connectivity index (χ0) is 14.5. The highest BCUT2D eigenvalue weighted by atomic mass is 15.3. The molecule has 5 N–H and O–H groups in total. The number of nitrogen functional groups attached to an aromatic ring is 1. The standard InChI is InChI=1S/C12H17N9/c13-19-12-17-10(9-7-16-20-11(9)18-12)15-3-1-2-5-21-6-4-14-8-21/h4,6-8H,1-3,5,13H2,(H3,15,16,17,18,19,20). The van der Waals surface area contributed by atoms with Gasteiger partial charge in [-0.15, -0.1) is 0 Å². The average molecular weight is 287 g/mol. The Morgan fingerprint density at radius 1 is 1.29 bits per heavy atom. The first-order valence-corrected chi connectivity index (χ1v) is 6.74. The highest BCUT2D eigenvalue weighted by molar-refractivity contribution is 5.86. The Hall–Kier alpha value is -2.68. The molecule has 0 bridgehead atoms. The van der Waals surface area contributed by atoms with E-state index in [0.29, 0.717) is 11.6 Å². The maximum Gasteiger partial charge on any atom is 0.241 e. The molecule has 0 spiro atoms. The lowest BCUT2D eigenvalue weighted by Gasteiger charge is -2.08. The van der Waals surface area contributed by atoms with Crippen LogP contribution >= 0.6 is 0 Å². The molecule has 9 nitrogen and oxygen atoms in total. The number of fused-ring (bicyclic) bond motifs is 1. The third-order valence-electron chi connectivity index (χ3n) is 3.13. The lowest BCUT2D eigenvalue weighted by molar-refractivity contribution is 0.621. The lowest BCUT2D eigenvalue weighted by atomic mass is 10.3. The Bertz CT molecular complexity index is 688. The molecule has 9 heteroatoms. The van der Waals surface area contributed by atoms with Crippen LogP contribution in [-0.4, -0.2) is 36.3 Å². The van der Waals surface area contributed by atoms with Gasteiger partial charge in [-0.3, -0.25) is 10.5 Å². The Morgan fingerprint density at radius 2 is 2.24 bits per heavy atom. The van der Waals surface area contributed by atoms with E-state index in [1.165, 1.54) is 0 Å². The van der Waals surface area contributed by atoms with Crippen molar-refractivity contribution in [1.29, 1.82) is 0 Å². The van der Waals surface area contributed by atoms with Crippen molar-refractivity contribution in [3.63, 3.8) is 0 Å². The van der Waals surface area contributed by atoms with Crippen LogP contribution in [0.25, 0.3) is 11.0 Å². The van der Waals surface area contributed by atoms with Crippen LogP contribution in [0.1, 0.15) is 12.8 Å². The number of aromatic nitrogens is 6. The molecule has 0 radical (unpaired) electrons. The number of hydrogen-bond acceptors (Lipinski definition) is 7. The molecule has 110 valence electrons. The Morgan fingerprint density at radius 3 is 3.05 bits per heavy atom. The summed E-state index contributed by atoms with van der Waals surface area (Å²) in [4.78, 5) is 12.5. The summed E-state index contributed by atoms with van der Waals surface area (Å²) >= 11 is 0. The molecule has 3 heterocycles. The molecule has 0 saturated carbocycles. The summed E-state index contributed by atoms with van der Waals surface area (Å²) in [6.07, 6.45) is 9.36. The van der Waals surface area contributed by atoms with Crippen molar-refractivity contribution >= 4 is 22.8 Å². The number of aryl methyl sites for hydroxylation is 1. The van der Waals surface area contributed by atoms with Gasteiger partial charge in [0.05, 0.1) is 17.9 Å². The quantitative estimate of drug-likeness (QED) is 0.287. The smallest absolute Gasteiger partial charge is 0.241 e. The molecular formula is C12H17N9. The van der Waals surface area contributed by atoms with E-state index in [0.717, 1.165) is 37.1 Å². The number of hydrazine groups is 1. The number of aromatic amines is 1. The molecule has 21 heavy (non-hydrogen) atoms. The van der Waals surface area contributed by atoms with Gasteiger partial charge in [0.1, 0.15) is 5.82 Å². The van der Waals surface area contributed by atoms with E-state index in [2.05, 4.69) is 40.5 Å². The minimum atomic E-state index is 0.354. The minimum Gasteiger partial charge on any atom is -0.369 e. The van der Waals surface area contributed by atoms with Crippen molar-refractivity contribution in [2.75, 3.05) is 17.3 Å². The molecule has 3 aromatic rings. The van der Waals surface area contributed by atoms with Crippen molar-refractivity contribution in [2.24, 2.45) is 5.84 Å². The molecule has 0 aliphatic carbocycles. The molecule has 0 aliphatic rings. The molecule has 3 aromatic heterocycles. The van der Waals surface area contributed by atoms with Crippen LogP contribution in [0.2, 0.25) is 0 Å². The van der Waals surface area contributed by atoms with E-state index >= 15 is 0 Å². The fourth-order valence-electron chi connectivity index (χ4n) is 2.08. The number of anilines is 2. The summed E-state index contributed by atoms with van der Waals surface area (Å²) in [6, 6.07) is 0. The highest BCUT2D eigenvalue weighted by Gasteiger charge is 2.08. The summed E-state index contributed by atoms with van der Waals surface area (Å²) in [7, 11) is 0. The van der Waals surface area contributed by atoms with Crippen LogP contribution < -0.4 is 16.6 Å². The molecule has 0 atom stereocenters. The second kappa shape index (κ2) is 6.18. The maximum atomic E-state index is 5.36. The van der Waals surface area contributed by atoms with Crippen LogP contribution in [0.15, 0.2) is 24.9 Å². The van der Waals surface area contributed by atoms with Gasteiger partial charge in [-0.05, 0) is 12.8 Å². The highest BCUT2D eigenvalue weighted by Crippen LogP contribution is 2.19. The van der Waals surface area contributed by atoms with E-state index in [4.69, 9.17) is 5.84 Å². The molecular weight excluding hydrogens is 270 g/mol. The SMILES string of the molecule is NNc1nc(NCCCCn2ccnc2)c2cn[nH]c2n1. The zero-order valence-electron chi connectivity index (χ0n) is 11.5. The lowest BCUT2D eigenvalue weighted by Crippen LogP contribution is -2.13. The van der Waals surface area contributed by atoms with Crippen LogP contribution in [0.4, 0.5) is 11.8 Å². The fourth-order valence-corrected chi connectivity index (χ4v) is 2.08. The summed E-state index contributed by atoms with van der Waals surface area (Å²) in [5, 5.41) is 10.9. The average Bonchev–Trinajstić information content (AvgIpc) is 3.17. The van der Waals surface area contributed by atoms with Crippen LogP contribution in [-0.2, 0) is 6.54 Å². The van der Waals surface area contributed by atoms with E-state index in [1.807, 2.05) is 12.5 Å². The van der Waals surface area contributed by atoms with Gasteiger partial charge in [-0.1, -0.05) is 0 Å². The third-order valence-corrected chi connectivity index (χ3v) is 3.13. The third kappa shape index (κ3) is 3.08. The van der Waals surface area contributed by atoms with E-state index in [1.54, 1.807) is 12.4 Å². The fraction of sp³-hybridized carbons (Fsp3) is 0.333. The number of rotatable bonds is 7. The number of nitrogens with zero attached hydrogens (tertiary/aromatic N) is 5. The second-order valence-corrected chi connectivity index (χ2v) is 4.61. The normalized spacial score (nSPS) is 10.9. The Labute approximate surface area is 121 Å². The van der Waals surface area contributed by atoms with E-state index in [9.17, 15) is 0 Å². The first-order valence-electron chi connectivity index (χ1n) is 6.74. The number of nitrogens with one attached hydrogen (secondary N) is 3. The minimum absolute atomic E-state index is 0.354.